The van der Waals surface area contributed by atoms with E-state index in [-0.39, 0.29) is 5.56 Å². The molecule has 0 bridgehead atoms. The molecule has 7 heteroatoms. The summed E-state index contributed by atoms with van der Waals surface area (Å²) in [4.78, 5) is 0. The lowest BCUT2D eigenvalue weighted by atomic mass is 9.97. The molecule has 1 unspecified atom stereocenters. The van der Waals surface area contributed by atoms with Crippen molar-refractivity contribution in [1.82, 2.24) is 5.43 Å². The number of hydrogen-bond acceptors (Lipinski definition) is 2. The summed E-state index contributed by atoms with van der Waals surface area (Å²) in [5, 5.41) is 0. The summed E-state index contributed by atoms with van der Waals surface area (Å²) in [6, 6.07) is 9.37. The zero-order valence-corrected chi connectivity index (χ0v) is 12.7. The van der Waals surface area contributed by atoms with Gasteiger partial charge in [0.1, 0.15) is 5.82 Å². The summed E-state index contributed by atoms with van der Waals surface area (Å²) < 4.78 is 52.6. The zero-order chi connectivity index (χ0) is 15.6. The minimum absolute atomic E-state index is 0.244. The van der Waals surface area contributed by atoms with E-state index in [0.29, 0.717) is 5.56 Å². The van der Waals surface area contributed by atoms with Crippen LogP contribution in [0, 0.1) is 9.39 Å². The van der Waals surface area contributed by atoms with E-state index >= 15 is 0 Å². The van der Waals surface area contributed by atoms with Crippen molar-refractivity contribution in [3.05, 3.63) is 68.5 Å². The monoisotopic (exact) mass is 410 g/mol. The van der Waals surface area contributed by atoms with Gasteiger partial charge in [-0.25, -0.2) is 9.82 Å². The smallest absolute Gasteiger partial charge is 0.271 e. The van der Waals surface area contributed by atoms with Crippen LogP contribution in [0.15, 0.2) is 42.5 Å². The number of hydrogen-bond donors (Lipinski definition) is 2. The lowest BCUT2D eigenvalue weighted by Gasteiger charge is -2.19. The number of nitrogens with one attached hydrogen (secondary N) is 1. The average Bonchev–Trinajstić information content (AvgIpc) is 2.40. The van der Waals surface area contributed by atoms with Crippen molar-refractivity contribution < 1.29 is 17.6 Å². The highest BCUT2D eigenvalue weighted by Gasteiger charge is 2.34. The first kappa shape index (κ1) is 16.2. The Bertz CT molecular complexity index is 643. The second-order valence-corrected chi connectivity index (χ2v) is 5.64. The molecule has 2 rings (SSSR count). The Hall–Kier alpha value is -1.19. The lowest BCUT2D eigenvalue weighted by Crippen LogP contribution is -2.29. The van der Waals surface area contributed by atoms with Crippen LogP contribution in [0.5, 0.6) is 0 Å². The maximum atomic E-state index is 13.3. The molecule has 3 N–H and O–H groups in total. The van der Waals surface area contributed by atoms with Crippen molar-refractivity contribution in [2.45, 2.75) is 12.2 Å². The minimum atomic E-state index is -4.75. The van der Waals surface area contributed by atoms with Gasteiger partial charge in [-0.05, 0) is 58.0 Å². The standard InChI is InChI=1S/C14H11F4IN2/c15-12-5-4-9(7-11(12)14(16,17)18)13(21-20)8-2-1-3-10(19)6-8/h1-7,13,21H,20H2. The van der Waals surface area contributed by atoms with Gasteiger partial charge in [0.2, 0.25) is 0 Å². The molecule has 2 aromatic rings. The van der Waals surface area contributed by atoms with Gasteiger partial charge in [0, 0.05) is 3.57 Å². The van der Waals surface area contributed by atoms with E-state index in [2.05, 4.69) is 28.0 Å². The number of nitrogens with two attached hydrogens (primary N) is 1. The minimum Gasteiger partial charge on any atom is -0.271 e. The van der Waals surface area contributed by atoms with Crippen LogP contribution in [0.2, 0.25) is 0 Å². The maximum Gasteiger partial charge on any atom is 0.419 e. The quantitative estimate of drug-likeness (QED) is 0.348. The van der Waals surface area contributed by atoms with Crippen LogP contribution in [0.4, 0.5) is 17.6 Å². The van der Waals surface area contributed by atoms with Gasteiger partial charge in [-0.3, -0.25) is 5.84 Å². The molecule has 0 saturated carbocycles. The van der Waals surface area contributed by atoms with Gasteiger partial charge in [-0.15, -0.1) is 0 Å². The van der Waals surface area contributed by atoms with Crippen LogP contribution >= 0.6 is 22.6 Å². The van der Waals surface area contributed by atoms with Crippen molar-refractivity contribution in [2.24, 2.45) is 5.84 Å². The first-order valence-electron chi connectivity index (χ1n) is 5.91. The van der Waals surface area contributed by atoms with E-state index in [9.17, 15) is 17.6 Å². The third-order valence-corrected chi connectivity index (χ3v) is 3.65. The van der Waals surface area contributed by atoms with Crippen LogP contribution in [-0.2, 0) is 6.18 Å². The SMILES string of the molecule is NNC(c1cccc(I)c1)c1ccc(F)c(C(F)(F)F)c1. The molecule has 0 aliphatic heterocycles. The van der Waals surface area contributed by atoms with Crippen molar-refractivity contribution in [3.8, 4) is 0 Å². The Morgan fingerprint density at radius 2 is 1.71 bits per heavy atom. The van der Waals surface area contributed by atoms with Crippen LogP contribution in [-0.4, -0.2) is 0 Å². The second kappa shape index (κ2) is 6.29. The van der Waals surface area contributed by atoms with Gasteiger partial charge < -0.3 is 0 Å². The Morgan fingerprint density at radius 1 is 1.05 bits per heavy atom. The predicted octanol–water partition coefficient (Wildman–Crippen LogP) is 4.00. The van der Waals surface area contributed by atoms with E-state index in [1.54, 1.807) is 18.2 Å². The Labute approximate surface area is 132 Å². The molecule has 112 valence electrons. The highest BCUT2D eigenvalue weighted by molar-refractivity contribution is 14.1. The van der Waals surface area contributed by atoms with Crippen molar-refractivity contribution in [3.63, 3.8) is 0 Å². The van der Waals surface area contributed by atoms with Crippen LogP contribution in [0.3, 0.4) is 0 Å². The number of rotatable bonds is 3. The third-order valence-electron chi connectivity index (χ3n) is 2.98. The largest absolute Gasteiger partial charge is 0.419 e. The van der Waals surface area contributed by atoms with Crippen molar-refractivity contribution in [2.75, 3.05) is 0 Å². The molecular weight excluding hydrogens is 399 g/mol. The van der Waals surface area contributed by atoms with Crippen LogP contribution < -0.4 is 11.3 Å². The molecule has 2 nitrogen and oxygen atoms in total. The number of alkyl halides is 3. The predicted molar refractivity (Wildman–Crippen MR) is 79.7 cm³/mol. The Kier molecular flexibility index (Phi) is 4.84. The third kappa shape index (κ3) is 3.72. The molecular formula is C14H11F4IN2. The van der Waals surface area contributed by atoms with Gasteiger partial charge >= 0.3 is 6.18 Å². The topological polar surface area (TPSA) is 38.0 Å². The molecule has 0 aliphatic rings. The van der Waals surface area contributed by atoms with Gasteiger partial charge in [-0.1, -0.05) is 18.2 Å². The van der Waals surface area contributed by atoms with Crippen LogP contribution in [0.1, 0.15) is 22.7 Å². The molecule has 0 aliphatic carbocycles. The fourth-order valence-electron chi connectivity index (χ4n) is 2.01. The molecule has 2 aromatic carbocycles. The van der Waals surface area contributed by atoms with Gasteiger partial charge in [0.15, 0.2) is 0 Å². The average molecular weight is 410 g/mol. The highest BCUT2D eigenvalue weighted by Crippen LogP contribution is 2.34. The normalized spacial score (nSPS) is 13.2. The Balaban J connectivity index is 2.49. The summed E-state index contributed by atoms with van der Waals surface area (Å²) in [7, 11) is 0. The first-order valence-corrected chi connectivity index (χ1v) is 6.99. The summed E-state index contributed by atoms with van der Waals surface area (Å²) in [6.45, 7) is 0. The summed E-state index contributed by atoms with van der Waals surface area (Å²) >= 11 is 2.09. The molecule has 0 radical (unpaired) electrons. The molecule has 0 fully saturated rings. The molecule has 0 aromatic heterocycles. The van der Waals surface area contributed by atoms with E-state index in [1.807, 2.05) is 6.07 Å². The second-order valence-electron chi connectivity index (χ2n) is 4.39. The van der Waals surface area contributed by atoms with E-state index in [0.717, 1.165) is 15.7 Å². The number of benzene rings is 2. The highest BCUT2D eigenvalue weighted by atomic mass is 127. The van der Waals surface area contributed by atoms with Crippen LogP contribution in [0.25, 0.3) is 0 Å². The molecule has 21 heavy (non-hydrogen) atoms. The first-order chi connectivity index (χ1) is 9.82. The molecule has 0 spiro atoms. The summed E-state index contributed by atoms with van der Waals surface area (Å²) in [5.41, 5.74) is 2.11. The number of halogens is 5. The molecule has 0 heterocycles. The van der Waals surface area contributed by atoms with E-state index < -0.39 is 23.6 Å². The number of hydrazine groups is 1. The van der Waals surface area contributed by atoms with E-state index in [1.165, 1.54) is 6.07 Å². The molecule has 1 atom stereocenters. The van der Waals surface area contributed by atoms with Gasteiger partial charge in [-0.2, -0.15) is 13.2 Å². The van der Waals surface area contributed by atoms with E-state index in [4.69, 9.17) is 5.84 Å². The maximum absolute atomic E-state index is 13.3. The molecule has 0 amide bonds. The van der Waals surface area contributed by atoms with Crippen molar-refractivity contribution >= 4 is 22.6 Å². The van der Waals surface area contributed by atoms with Gasteiger partial charge in [0.05, 0.1) is 11.6 Å². The summed E-state index contributed by atoms with van der Waals surface area (Å²) in [6.07, 6.45) is -4.75. The zero-order valence-electron chi connectivity index (χ0n) is 10.6. The van der Waals surface area contributed by atoms with Crippen molar-refractivity contribution in [1.29, 1.82) is 0 Å². The summed E-state index contributed by atoms with van der Waals surface area (Å²) in [5.74, 6) is 4.16. The fraction of sp³-hybridized carbons (Fsp3) is 0.143. The molecule has 0 saturated heterocycles. The lowest BCUT2D eigenvalue weighted by molar-refractivity contribution is -0.140. The fourth-order valence-corrected chi connectivity index (χ4v) is 2.58. The van der Waals surface area contributed by atoms with Gasteiger partial charge in [0.25, 0.3) is 0 Å². The Morgan fingerprint density at radius 3 is 2.29 bits per heavy atom.